The van der Waals surface area contributed by atoms with E-state index in [-0.39, 0.29) is 6.61 Å². The van der Waals surface area contributed by atoms with Gasteiger partial charge in [-0.25, -0.2) is 4.98 Å². The van der Waals surface area contributed by atoms with Gasteiger partial charge in [0.15, 0.2) is 0 Å². The number of nitrogens with one attached hydrogen (secondary N) is 1. The van der Waals surface area contributed by atoms with Gasteiger partial charge in [-0.2, -0.15) is 0 Å². The molecule has 0 spiro atoms. The zero-order valence-electron chi connectivity index (χ0n) is 10.1. The molecule has 0 aliphatic rings. The molecular weight excluding hydrogens is 238 g/mol. The van der Waals surface area contributed by atoms with E-state index in [1.165, 1.54) is 0 Å². The van der Waals surface area contributed by atoms with Crippen LogP contribution in [0.25, 0.3) is 0 Å². The van der Waals surface area contributed by atoms with Crippen molar-refractivity contribution in [2.24, 2.45) is 5.92 Å². The topological polar surface area (TPSA) is 71.2 Å². The van der Waals surface area contributed by atoms with Crippen LogP contribution in [0.4, 0.5) is 11.5 Å². The van der Waals surface area contributed by atoms with Crippen molar-refractivity contribution in [1.29, 1.82) is 0 Å². The third kappa shape index (κ3) is 5.24. The van der Waals surface area contributed by atoms with E-state index >= 15 is 0 Å². The molecule has 5 heteroatoms. The SMILES string of the molecule is CCCC(CCO)CNc1cc(N)cc(Cl)n1. The smallest absolute Gasteiger partial charge is 0.133 e. The summed E-state index contributed by atoms with van der Waals surface area (Å²) in [4.78, 5) is 4.14. The number of aliphatic hydroxyl groups is 1. The van der Waals surface area contributed by atoms with E-state index in [1.54, 1.807) is 12.1 Å². The van der Waals surface area contributed by atoms with Gasteiger partial charge in [-0.1, -0.05) is 24.9 Å². The average molecular weight is 258 g/mol. The summed E-state index contributed by atoms with van der Waals surface area (Å²) in [6.07, 6.45) is 3.00. The standard InChI is InChI=1S/C12H20ClN3O/c1-2-3-9(4-5-17)8-15-12-7-10(14)6-11(13)16-12/h6-7,9,17H,2-5,8H2,1H3,(H3,14,15,16). The number of rotatable bonds is 7. The van der Waals surface area contributed by atoms with Crippen molar-refractivity contribution >= 4 is 23.1 Å². The number of hydrogen-bond acceptors (Lipinski definition) is 4. The zero-order chi connectivity index (χ0) is 12.7. The van der Waals surface area contributed by atoms with E-state index in [0.717, 1.165) is 25.8 Å². The van der Waals surface area contributed by atoms with Gasteiger partial charge in [0, 0.05) is 24.9 Å². The molecule has 0 saturated heterocycles. The van der Waals surface area contributed by atoms with E-state index in [9.17, 15) is 0 Å². The summed E-state index contributed by atoms with van der Waals surface area (Å²) in [5.74, 6) is 1.14. The summed E-state index contributed by atoms with van der Waals surface area (Å²) in [6, 6.07) is 3.37. The molecule has 0 bridgehead atoms. The van der Waals surface area contributed by atoms with Gasteiger partial charge in [0.2, 0.25) is 0 Å². The van der Waals surface area contributed by atoms with Gasteiger partial charge in [0.25, 0.3) is 0 Å². The van der Waals surface area contributed by atoms with Crippen LogP contribution in [0.2, 0.25) is 5.15 Å². The second kappa shape index (κ2) is 7.35. The van der Waals surface area contributed by atoms with Gasteiger partial charge in [0.1, 0.15) is 11.0 Å². The molecule has 1 aromatic heterocycles. The Bertz CT molecular complexity index is 320. The lowest BCUT2D eigenvalue weighted by Crippen LogP contribution is -2.16. The first-order valence-electron chi connectivity index (χ1n) is 5.93. The van der Waals surface area contributed by atoms with Crippen molar-refractivity contribution in [3.8, 4) is 0 Å². The van der Waals surface area contributed by atoms with Crippen LogP contribution >= 0.6 is 11.6 Å². The number of hydrogen-bond donors (Lipinski definition) is 3. The molecule has 1 atom stereocenters. The Morgan fingerprint density at radius 3 is 2.82 bits per heavy atom. The van der Waals surface area contributed by atoms with Crippen molar-refractivity contribution in [2.45, 2.75) is 26.2 Å². The molecule has 0 aliphatic carbocycles. The van der Waals surface area contributed by atoms with Crippen LogP contribution in [0.5, 0.6) is 0 Å². The number of aliphatic hydroxyl groups excluding tert-OH is 1. The largest absolute Gasteiger partial charge is 0.399 e. The third-order valence-corrected chi connectivity index (χ3v) is 2.82. The lowest BCUT2D eigenvalue weighted by Gasteiger charge is -2.16. The van der Waals surface area contributed by atoms with Crippen LogP contribution in [0, 0.1) is 5.92 Å². The number of nitrogens with zero attached hydrogens (tertiary/aromatic N) is 1. The van der Waals surface area contributed by atoms with Crippen molar-refractivity contribution in [2.75, 3.05) is 24.2 Å². The molecular formula is C12H20ClN3O. The maximum atomic E-state index is 8.96. The predicted octanol–water partition coefficient (Wildman–Crippen LogP) is 2.53. The normalized spacial score (nSPS) is 12.4. The number of aromatic nitrogens is 1. The number of nitrogens with two attached hydrogens (primary N) is 1. The molecule has 4 N–H and O–H groups in total. The van der Waals surface area contributed by atoms with Crippen LogP contribution in [-0.4, -0.2) is 23.2 Å². The lowest BCUT2D eigenvalue weighted by molar-refractivity contribution is 0.255. The Balaban J connectivity index is 2.52. The van der Waals surface area contributed by atoms with Crippen molar-refractivity contribution in [1.82, 2.24) is 4.98 Å². The summed E-state index contributed by atoms with van der Waals surface area (Å²) in [5, 5.41) is 12.6. The van der Waals surface area contributed by atoms with Crippen LogP contribution in [0.15, 0.2) is 12.1 Å². The molecule has 1 aromatic rings. The van der Waals surface area contributed by atoms with Crippen molar-refractivity contribution in [3.63, 3.8) is 0 Å². The number of halogens is 1. The Morgan fingerprint density at radius 1 is 1.47 bits per heavy atom. The minimum atomic E-state index is 0.220. The van der Waals surface area contributed by atoms with E-state index in [4.69, 9.17) is 22.4 Å². The van der Waals surface area contributed by atoms with Gasteiger partial charge < -0.3 is 16.2 Å². The molecule has 0 fully saturated rings. The van der Waals surface area contributed by atoms with E-state index in [0.29, 0.717) is 22.6 Å². The molecule has 0 radical (unpaired) electrons. The van der Waals surface area contributed by atoms with Gasteiger partial charge in [-0.15, -0.1) is 0 Å². The molecule has 0 saturated carbocycles. The highest BCUT2D eigenvalue weighted by molar-refractivity contribution is 6.29. The molecule has 1 unspecified atom stereocenters. The van der Waals surface area contributed by atoms with Crippen molar-refractivity contribution < 1.29 is 5.11 Å². The number of pyridine rings is 1. The van der Waals surface area contributed by atoms with Gasteiger partial charge in [-0.05, 0) is 24.8 Å². The molecule has 4 nitrogen and oxygen atoms in total. The highest BCUT2D eigenvalue weighted by Crippen LogP contribution is 2.17. The predicted molar refractivity (Wildman–Crippen MR) is 72.2 cm³/mol. The van der Waals surface area contributed by atoms with Gasteiger partial charge in [-0.3, -0.25) is 0 Å². The number of nitrogen functional groups attached to an aromatic ring is 1. The molecule has 0 amide bonds. The average Bonchev–Trinajstić information content (AvgIpc) is 2.25. The highest BCUT2D eigenvalue weighted by atomic mass is 35.5. The molecule has 1 heterocycles. The number of anilines is 2. The maximum Gasteiger partial charge on any atom is 0.133 e. The monoisotopic (exact) mass is 257 g/mol. The summed E-state index contributed by atoms with van der Waals surface area (Å²) < 4.78 is 0. The fourth-order valence-corrected chi connectivity index (χ4v) is 2.01. The Hall–Kier alpha value is -1.00. The Labute approximate surface area is 107 Å². The van der Waals surface area contributed by atoms with Crippen LogP contribution in [-0.2, 0) is 0 Å². The van der Waals surface area contributed by atoms with E-state index in [1.807, 2.05) is 0 Å². The minimum Gasteiger partial charge on any atom is -0.399 e. The molecule has 96 valence electrons. The zero-order valence-corrected chi connectivity index (χ0v) is 10.9. The second-order valence-electron chi connectivity index (χ2n) is 4.16. The molecule has 17 heavy (non-hydrogen) atoms. The fourth-order valence-electron chi connectivity index (χ4n) is 1.80. The lowest BCUT2D eigenvalue weighted by atomic mass is 10.0. The Kier molecular flexibility index (Phi) is 6.08. The summed E-state index contributed by atoms with van der Waals surface area (Å²) >= 11 is 5.82. The first kappa shape index (κ1) is 14.1. The van der Waals surface area contributed by atoms with Crippen LogP contribution < -0.4 is 11.1 Å². The molecule has 0 aliphatic heterocycles. The van der Waals surface area contributed by atoms with Gasteiger partial charge >= 0.3 is 0 Å². The second-order valence-corrected chi connectivity index (χ2v) is 4.54. The van der Waals surface area contributed by atoms with E-state index in [2.05, 4.69) is 17.2 Å². The van der Waals surface area contributed by atoms with Crippen LogP contribution in [0.1, 0.15) is 26.2 Å². The minimum absolute atomic E-state index is 0.220. The summed E-state index contributed by atoms with van der Waals surface area (Å²) in [6.45, 7) is 3.14. The third-order valence-electron chi connectivity index (χ3n) is 2.62. The highest BCUT2D eigenvalue weighted by Gasteiger charge is 2.07. The fraction of sp³-hybridized carbons (Fsp3) is 0.583. The quantitative estimate of drug-likeness (QED) is 0.657. The first-order chi connectivity index (χ1) is 8.15. The molecule has 0 aromatic carbocycles. The van der Waals surface area contributed by atoms with Crippen molar-refractivity contribution in [3.05, 3.63) is 17.3 Å². The van der Waals surface area contributed by atoms with E-state index < -0.39 is 0 Å². The van der Waals surface area contributed by atoms with Gasteiger partial charge in [0.05, 0.1) is 0 Å². The summed E-state index contributed by atoms with van der Waals surface area (Å²) in [7, 11) is 0. The Morgan fingerprint density at radius 2 is 2.24 bits per heavy atom. The molecule has 1 rings (SSSR count). The summed E-state index contributed by atoms with van der Waals surface area (Å²) in [5.41, 5.74) is 6.28. The van der Waals surface area contributed by atoms with Crippen LogP contribution in [0.3, 0.4) is 0 Å². The maximum absolute atomic E-state index is 8.96. The first-order valence-corrected chi connectivity index (χ1v) is 6.31.